The van der Waals surface area contributed by atoms with Crippen LogP contribution in [-0.2, 0) is 4.74 Å². The molecule has 0 aromatic heterocycles. The van der Waals surface area contributed by atoms with Crippen molar-refractivity contribution >= 4 is 15.9 Å². The Balaban J connectivity index is 2.21. The smallest absolute Gasteiger partial charge is 0.0668 e. The zero-order chi connectivity index (χ0) is 15.3. The van der Waals surface area contributed by atoms with Crippen LogP contribution in [0.15, 0.2) is 0 Å². The van der Waals surface area contributed by atoms with Crippen LogP contribution in [0.25, 0.3) is 0 Å². The van der Waals surface area contributed by atoms with Crippen molar-refractivity contribution in [2.75, 3.05) is 0 Å². The Hall–Kier alpha value is 0.440. The topological polar surface area (TPSA) is 9.23 Å². The molecule has 1 saturated carbocycles. The number of rotatable bonds is 2. The van der Waals surface area contributed by atoms with Gasteiger partial charge in [0.05, 0.1) is 11.2 Å². The van der Waals surface area contributed by atoms with Gasteiger partial charge < -0.3 is 4.74 Å². The van der Waals surface area contributed by atoms with Crippen LogP contribution >= 0.6 is 15.9 Å². The number of hydrogen-bond donors (Lipinski definition) is 0. The number of halogens is 1. The van der Waals surface area contributed by atoms with Crippen LogP contribution in [-0.4, -0.2) is 16.0 Å². The van der Waals surface area contributed by atoms with Crippen molar-refractivity contribution in [3.63, 3.8) is 0 Å². The zero-order valence-electron chi connectivity index (χ0n) is 14.4. The van der Waals surface area contributed by atoms with E-state index in [2.05, 4.69) is 64.4 Å². The molecule has 0 spiro atoms. The average molecular weight is 345 g/mol. The molecule has 1 aliphatic heterocycles. The molecule has 1 nitrogen and oxygen atoms in total. The first-order valence-electron chi connectivity index (χ1n) is 8.30. The van der Waals surface area contributed by atoms with E-state index in [0.717, 1.165) is 11.8 Å². The van der Waals surface area contributed by atoms with Gasteiger partial charge in [-0.3, -0.25) is 0 Å². The lowest BCUT2D eigenvalue weighted by molar-refractivity contribution is -0.0944. The maximum Gasteiger partial charge on any atom is 0.0668 e. The third-order valence-electron chi connectivity index (χ3n) is 5.96. The van der Waals surface area contributed by atoms with Crippen LogP contribution in [0.5, 0.6) is 0 Å². The lowest BCUT2D eigenvalue weighted by Gasteiger charge is -2.48. The molecule has 0 bridgehead atoms. The van der Waals surface area contributed by atoms with E-state index in [-0.39, 0.29) is 11.2 Å². The van der Waals surface area contributed by atoms with Crippen LogP contribution < -0.4 is 0 Å². The summed E-state index contributed by atoms with van der Waals surface area (Å²) >= 11 is 4.00. The molecule has 2 aliphatic rings. The summed E-state index contributed by atoms with van der Waals surface area (Å²) in [6.07, 6.45) is 5.24. The number of ether oxygens (including phenoxy) is 1. The summed E-state index contributed by atoms with van der Waals surface area (Å²) in [6, 6.07) is 0. The quantitative estimate of drug-likeness (QED) is 0.574. The van der Waals surface area contributed by atoms with E-state index in [1.54, 1.807) is 0 Å². The minimum absolute atomic E-state index is 0.0111. The Bertz CT molecular complexity index is 358. The molecule has 20 heavy (non-hydrogen) atoms. The summed E-state index contributed by atoms with van der Waals surface area (Å²) in [4.78, 5) is 0.667. The van der Waals surface area contributed by atoms with Crippen molar-refractivity contribution in [2.24, 2.45) is 23.2 Å². The summed E-state index contributed by atoms with van der Waals surface area (Å²) in [6.45, 7) is 16.5. The van der Waals surface area contributed by atoms with Gasteiger partial charge in [-0.25, -0.2) is 0 Å². The Kier molecular flexibility index (Phi) is 4.42. The van der Waals surface area contributed by atoms with Gasteiger partial charge in [0.1, 0.15) is 0 Å². The molecule has 1 aliphatic carbocycles. The standard InChI is InChI=1S/C18H33BrO/c1-12-8-9-13(14(19)10-12)17(4,5)15-11-16(2,3)20-18(15,6)7/h12-15H,8-11H2,1-7H3. The molecule has 0 radical (unpaired) electrons. The van der Waals surface area contributed by atoms with Crippen molar-refractivity contribution in [3.8, 4) is 0 Å². The molecule has 4 unspecified atom stereocenters. The van der Waals surface area contributed by atoms with Gasteiger partial charge in [0.2, 0.25) is 0 Å². The molecule has 4 atom stereocenters. The molecule has 1 heterocycles. The second kappa shape index (κ2) is 5.26. The minimum Gasteiger partial charge on any atom is -0.369 e. The monoisotopic (exact) mass is 344 g/mol. The summed E-state index contributed by atoms with van der Waals surface area (Å²) in [5, 5.41) is 0. The van der Waals surface area contributed by atoms with Gasteiger partial charge in [-0.05, 0) is 70.1 Å². The van der Waals surface area contributed by atoms with Crippen molar-refractivity contribution in [2.45, 2.75) is 90.2 Å². The van der Waals surface area contributed by atoms with Gasteiger partial charge in [-0.15, -0.1) is 0 Å². The maximum absolute atomic E-state index is 6.37. The van der Waals surface area contributed by atoms with Gasteiger partial charge in [-0.2, -0.15) is 0 Å². The van der Waals surface area contributed by atoms with E-state index >= 15 is 0 Å². The molecule has 0 N–H and O–H groups in total. The van der Waals surface area contributed by atoms with Gasteiger partial charge in [-0.1, -0.05) is 43.1 Å². The Labute approximate surface area is 134 Å². The van der Waals surface area contributed by atoms with E-state index in [9.17, 15) is 0 Å². The molecule has 118 valence electrons. The van der Waals surface area contributed by atoms with E-state index in [4.69, 9.17) is 4.74 Å². The maximum atomic E-state index is 6.37. The van der Waals surface area contributed by atoms with E-state index in [1.807, 2.05) is 0 Å². The Morgan fingerprint density at radius 2 is 1.70 bits per heavy atom. The fourth-order valence-electron chi connectivity index (χ4n) is 5.13. The molecular formula is C18H33BrO. The fraction of sp³-hybridized carbons (Fsp3) is 1.00. The van der Waals surface area contributed by atoms with Crippen molar-refractivity contribution < 1.29 is 4.74 Å². The summed E-state index contributed by atoms with van der Waals surface area (Å²) < 4.78 is 6.37. The normalized spacial score (nSPS) is 40.8. The SMILES string of the molecule is CC1CCC(C(C)(C)C2CC(C)(C)OC2(C)C)C(Br)C1. The first kappa shape index (κ1) is 16.8. The lowest BCUT2D eigenvalue weighted by atomic mass is 9.59. The molecular weight excluding hydrogens is 312 g/mol. The van der Waals surface area contributed by atoms with E-state index in [0.29, 0.717) is 16.2 Å². The second-order valence-corrected chi connectivity index (χ2v) is 10.3. The van der Waals surface area contributed by atoms with Crippen LogP contribution in [0.3, 0.4) is 0 Å². The Morgan fingerprint density at radius 3 is 2.15 bits per heavy atom. The molecule has 2 rings (SSSR count). The minimum atomic E-state index is -0.0111. The molecule has 1 saturated heterocycles. The summed E-state index contributed by atoms with van der Waals surface area (Å²) in [7, 11) is 0. The van der Waals surface area contributed by atoms with E-state index < -0.39 is 0 Å². The number of hydrogen-bond acceptors (Lipinski definition) is 1. The van der Waals surface area contributed by atoms with Gasteiger partial charge in [0.15, 0.2) is 0 Å². The molecule has 0 aromatic carbocycles. The molecule has 0 amide bonds. The van der Waals surface area contributed by atoms with Gasteiger partial charge in [0.25, 0.3) is 0 Å². The zero-order valence-corrected chi connectivity index (χ0v) is 16.0. The average Bonchev–Trinajstić information content (AvgIpc) is 2.46. The van der Waals surface area contributed by atoms with Gasteiger partial charge in [0, 0.05) is 4.83 Å². The highest BCUT2D eigenvalue weighted by atomic mass is 79.9. The van der Waals surface area contributed by atoms with Crippen molar-refractivity contribution in [3.05, 3.63) is 0 Å². The number of alkyl halides is 1. The second-order valence-electron chi connectivity index (χ2n) is 9.08. The fourth-order valence-corrected chi connectivity index (χ4v) is 6.71. The highest BCUT2D eigenvalue weighted by Crippen LogP contribution is 2.56. The largest absolute Gasteiger partial charge is 0.369 e. The highest BCUT2D eigenvalue weighted by Gasteiger charge is 2.55. The van der Waals surface area contributed by atoms with Gasteiger partial charge >= 0.3 is 0 Å². The first-order valence-corrected chi connectivity index (χ1v) is 9.21. The first-order chi connectivity index (χ1) is 8.96. The van der Waals surface area contributed by atoms with Crippen LogP contribution in [0.1, 0.15) is 74.1 Å². The predicted molar refractivity (Wildman–Crippen MR) is 90.4 cm³/mol. The molecule has 2 fully saturated rings. The third kappa shape index (κ3) is 3.11. The van der Waals surface area contributed by atoms with Crippen molar-refractivity contribution in [1.29, 1.82) is 0 Å². The Morgan fingerprint density at radius 1 is 1.10 bits per heavy atom. The lowest BCUT2D eigenvalue weighted by Crippen LogP contribution is -2.46. The van der Waals surface area contributed by atoms with Crippen LogP contribution in [0, 0.1) is 23.2 Å². The third-order valence-corrected chi connectivity index (χ3v) is 6.97. The summed E-state index contributed by atoms with van der Waals surface area (Å²) in [5.74, 6) is 2.26. The predicted octanol–water partition coefficient (Wildman–Crippen LogP) is 5.81. The van der Waals surface area contributed by atoms with Crippen LogP contribution in [0.2, 0.25) is 0 Å². The van der Waals surface area contributed by atoms with E-state index in [1.165, 1.54) is 25.7 Å². The van der Waals surface area contributed by atoms with Crippen LogP contribution in [0.4, 0.5) is 0 Å². The van der Waals surface area contributed by atoms with Crippen molar-refractivity contribution in [1.82, 2.24) is 0 Å². The highest BCUT2D eigenvalue weighted by molar-refractivity contribution is 9.09. The molecule has 2 heteroatoms. The summed E-state index contributed by atoms with van der Waals surface area (Å²) in [5.41, 5.74) is 0.337. The molecule has 0 aromatic rings.